The molecule has 0 spiro atoms. The summed E-state index contributed by atoms with van der Waals surface area (Å²) in [6.07, 6.45) is 1.25. The smallest absolute Gasteiger partial charge is 0.155 e. The van der Waals surface area contributed by atoms with Crippen LogP contribution < -0.4 is 0 Å². The minimum absolute atomic E-state index is 0.0343. The van der Waals surface area contributed by atoms with Crippen LogP contribution in [0.3, 0.4) is 0 Å². The molecule has 0 aliphatic heterocycles. The molecule has 6 heteroatoms. The summed E-state index contributed by atoms with van der Waals surface area (Å²) in [4.78, 5) is 0. The van der Waals surface area contributed by atoms with E-state index in [4.69, 9.17) is 46.4 Å². The van der Waals surface area contributed by atoms with E-state index < -0.39 is 5.41 Å². The van der Waals surface area contributed by atoms with Gasteiger partial charge in [0.15, 0.2) is 5.75 Å². The summed E-state index contributed by atoms with van der Waals surface area (Å²) in [5.74, 6) is -0.174. The van der Waals surface area contributed by atoms with Gasteiger partial charge in [0.1, 0.15) is 15.8 Å². The van der Waals surface area contributed by atoms with Crippen molar-refractivity contribution in [3.63, 3.8) is 0 Å². The van der Waals surface area contributed by atoms with Crippen molar-refractivity contribution in [2.75, 3.05) is 0 Å². The Morgan fingerprint density at radius 1 is 0.792 bits per heavy atom. The monoisotopic (exact) mass is 408 g/mol. The van der Waals surface area contributed by atoms with Crippen molar-refractivity contribution >= 4 is 46.4 Å². The molecule has 0 aliphatic carbocycles. The molecule has 2 aromatic rings. The van der Waals surface area contributed by atoms with Crippen LogP contribution in [-0.4, -0.2) is 10.2 Å². The second-order valence-corrected chi connectivity index (χ2v) is 7.37. The first-order chi connectivity index (χ1) is 11.1. The van der Waals surface area contributed by atoms with Gasteiger partial charge in [-0.3, -0.25) is 0 Å². The Balaban J connectivity index is 0.000000891. The van der Waals surface area contributed by atoms with Crippen LogP contribution in [0.4, 0.5) is 0 Å². The van der Waals surface area contributed by atoms with Crippen LogP contribution in [0.25, 0.3) is 0 Å². The second kappa shape index (κ2) is 8.53. The molecule has 0 aliphatic rings. The number of hydrogen-bond acceptors (Lipinski definition) is 2. The topological polar surface area (TPSA) is 40.5 Å². The van der Waals surface area contributed by atoms with E-state index in [9.17, 15) is 10.2 Å². The molecular weight excluding hydrogens is 390 g/mol. The van der Waals surface area contributed by atoms with Gasteiger partial charge in [-0.25, -0.2) is 0 Å². The van der Waals surface area contributed by atoms with Gasteiger partial charge < -0.3 is 10.2 Å². The summed E-state index contributed by atoms with van der Waals surface area (Å²) in [6.45, 7) is 8.05. The maximum atomic E-state index is 9.80. The molecule has 0 unspecified atom stereocenters. The first-order valence-electron chi connectivity index (χ1n) is 7.44. The Kier molecular flexibility index (Phi) is 7.55. The highest BCUT2D eigenvalue weighted by atomic mass is 35.5. The Bertz CT molecular complexity index is 681. The van der Waals surface area contributed by atoms with E-state index in [1.54, 1.807) is 24.3 Å². The average Bonchev–Trinajstić information content (AvgIpc) is 2.52. The lowest BCUT2D eigenvalue weighted by Gasteiger charge is -2.29. The number of rotatable bonds is 2. The SMILES string of the molecule is CC(C)(c1ccc(O)cc1)c1c(Cl)c(Cl)c(O)c(Cl)c1Cl.CCC. The fourth-order valence-corrected chi connectivity index (χ4v) is 3.51. The van der Waals surface area contributed by atoms with Gasteiger partial charge in [0.05, 0.1) is 10.0 Å². The van der Waals surface area contributed by atoms with E-state index in [1.807, 2.05) is 13.8 Å². The summed E-state index contributed by atoms with van der Waals surface area (Å²) < 4.78 is 0. The molecule has 2 N–H and O–H groups in total. The molecule has 2 nitrogen and oxygen atoms in total. The van der Waals surface area contributed by atoms with Crippen LogP contribution in [0.1, 0.15) is 45.2 Å². The average molecular weight is 410 g/mol. The first-order valence-corrected chi connectivity index (χ1v) is 8.95. The van der Waals surface area contributed by atoms with Crippen LogP contribution in [0.15, 0.2) is 24.3 Å². The van der Waals surface area contributed by atoms with Crippen LogP contribution in [0.5, 0.6) is 11.5 Å². The number of benzene rings is 2. The van der Waals surface area contributed by atoms with Gasteiger partial charge in [0.2, 0.25) is 0 Å². The zero-order chi connectivity index (χ0) is 18.7. The number of phenols is 2. The van der Waals surface area contributed by atoms with Crippen molar-refractivity contribution in [2.24, 2.45) is 0 Å². The van der Waals surface area contributed by atoms with Gasteiger partial charge in [-0.2, -0.15) is 0 Å². The van der Waals surface area contributed by atoms with Crippen molar-refractivity contribution in [3.05, 3.63) is 55.5 Å². The van der Waals surface area contributed by atoms with E-state index in [2.05, 4.69) is 13.8 Å². The van der Waals surface area contributed by atoms with Crippen molar-refractivity contribution < 1.29 is 10.2 Å². The van der Waals surface area contributed by atoms with E-state index in [1.165, 1.54) is 6.42 Å². The van der Waals surface area contributed by atoms with Gasteiger partial charge in [0, 0.05) is 11.0 Å². The lowest BCUT2D eigenvalue weighted by Crippen LogP contribution is -2.20. The highest BCUT2D eigenvalue weighted by Gasteiger charge is 2.32. The number of hydrogen-bond donors (Lipinski definition) is 2. The molecule has 0 atom stereocenters. The highest BCUT2D eigenvalue weighted by Crippen LogP contribution is 2.50. The predicted molar refractivity (Wildman–Crippen MR) is 104 cm³/mol. The summed E-state index contributed by atoms with van der Waals surface area (Å²) in [7, 11) is 0. The van der Waals surface area contributed by atoms with Gasteiger partial charge in [-0.15, -0.1) is 0 Å². The Morgan fingerprint density at radius 3 is 1.54 bits per heavy atom. The van der Waals surface area contributed by atoms with Crippen molar-refractivity contribution in [3.8, 4) is 11.5 Å². The molecule has 24 heavy (non-hydrogen) atoms. The third kappa shape index (κ3) is 4.23. The molecule has 2 aromatic carbocycles. The zero-order valence-electron chi connectivity index (χ0n) is 13.9. The predicted octanol–water partition coefficient (Wildman–Crippen LogP) is 7.45. The van der Waals surface area contributed by atoms with E-state index in [0.717, 1.165) is 5.56 Å². The van der Waals surface area contributed by atoms with Crippen LogP contribution >= 0.6 is 46.4 Å². The number of aromatic hydroxyl groups is 2. The van der Waals surface area contributed by atoms with Gasteiger partial charge in [0.25, 0.3) is 0 Å². The largest absolute Gasteiger partial charge is 0.508 e. The first kappa shape index (κ1) is 21.2. The molecule has 0 fully saturated rings. The second-order valence-electron chi connectivity index (χ2n) is 5.86. The number of phenolic OH excluding ortho intramolecular Hbond substituents is 2. The Hall–Kier alpha value is -0.800. The molecule has 0 heterocycles. The summed E-state index contributed by atoms with van der Waals surface area (Å²) in [6, 6.07) is 6.67. The normalized spacial score (nSPS) is 11.0. The minimum atomic E-state index is -0.622. The van der Waals surface area contributed by atoms with Gasteiger partial charge in [-0.1, -0.05) is 92.7 Å². The summed E-state index contributed by atoms with van der Waals surface area (Å²) >= 11 is 24.5. The molecule has 132 valence electrons. The van der Waals surface area contributed by atoms with Gasteiger partial charge in [-0.05, 0) is 17.7 Å². The molecule has 0 bridgehead atoms. The van der Waals surface area contributed by atoms with Crippen LogP contribution in [0, 0.1) is 0 Å². The van der Waals surface area contributed by atoms with E-state index in [0.29, 0.717) is 5.56 Å². The fourth-order valence-electron chi connectivity index (χ4n) is 2.19. The molecule has 2 rings (SSSR count). The summed E-state index contributed by atoms with van der Waals surface area (Å²) in [5, 5.41) is 19.4. The van der Waals surface area contributed by atoms with Crippen molar-refractivity contribution in [1.82, 2.24) is 0 Å². The molecule has 0 saturated heterocycles. The molecule has 0 aromatic heterocycles. The molecule has 0 radical (unpaired) electrons. The maximum absolute atomic E-state index is 9.80. The van der Waals surface area contributed by atoms with E-state index >= 15 is 0 Å². The molecule has 0 saturated carbocycles. The highest BCUT2D eigenvalue weighted by molar-refractivity contribution is 6.49. The quantitative estimate of drug-likeness (QED) is 0.505. The molecular formula is C18H20Cl4O2. The maximum Gasteiger partial charge on any atom is 0.155 e. The summed E-state index contributed by atoms with van der Waals surface area (Å²) in [5.41, 5.74) is 0.759. The third-order valence-electron chi connectivity index (χ3n) is 3.45. The van der Waals surface area contributed by atoms with Crippen LogP contribution in [-0.2, 0) is 5.41 Å². The lowest BCUT2D eigenvalue weighted by atomic mass is 9.78. The van der Waals surface area contributed by atoms with Crippen molar-refractivity contribution in [1.29, 1.82) is 0 Å². The minimum Gasteiger partial charge on any atom is -0.508 e. The Morgan fingerprint density at radius 2 is 1.17 bits per heavy atom. The van der Waals surface area contributed by atoms with Gasteiger partial charge >= 0.3 is 0 Å². The lowest BCUT2D eigenvalue weighted by molar-refractivity contribution is 0.474. The third-order valence-corrected chi connectivity index (χ3v) is 5.14. The number of halogens is 4. The van der Waals surface area contributed by atoms with E-state index in [-0.39, 0.29) is 31.6 Å². The molecule has 0 amide bonds. The standard InChI is InChI=1S/C15H12Cl4O2.C3H8/c1-15(2,7-3-5-8(20)6-4-7)9-10(16)12(18)14(21)13(19)11(9)17;1-3-2/h3-6,20-21H,1-2H3;3H2,1-2H3. The van der Waals surface area contributed by atoms with Crippen LogP contribution in [0.2, 0.25) is 20.1 Å². The van der Waals surface area contributed by atoms with Crippen molar-refractivity contribution in [2.45, 2.75) is 39.5 Å². The zero-order valence-corrected chi connectivity index (χ0v) is 16.9. The fraction of sp³-hybridized carbons (Fsp3) is 0.333. The Labute approximate surface area is 162 Å².